The van der Waals surface area contributed by atoms with Gasteiger partial charge in [0.25, 0.3) is 20.0 Å². The molecule has 4 rings (SSSR count). The summed E-state index contributed by atoms with van der Waals surface area (Å²) in [5.74, 6) is -0.697. The van der Waals surface area contributed by atoms with Gasteiger partial charge in [-0.25, -0.2) is 21.6 Å². The van der Waals surface area contributed by atoms with Crippen molar-refractivity contribution < 1.29 is 21.3 Å². The Morgan fingerprint density at radius 1 is 0.812 bits per heavy atom. The van der Waals surface area contributed by atoms with Gasteiger partial charge in [0.1, 0.15) is 0 Å². The molecule has 32 heavy (non-hydrogen) atoms. The average molecular weight is 474 g/mol. The van der Waals surface area contributed by atoms with Crippen molar-refractivity contribution in [1.82, 2.24) is 4.98 Å². The van der Waals surface area contributed by atoms with Crippen molar-refractivity contribution in [3.8, 4) is 0 Å². The van der Waals surface area contributed by atoms with E-state index in [9.17, 15) is 21.6 Å². The van der Waals surface area contributed by atoms with Gasteiger partial charge in [-0.05, 0) is 61.4 Å². The summed E-state index contributed by atoms with van der Waals surface area (Å²) in [5, 5.41) is 0. The number of rotatable bonds is 6. The first-order chi connectivity index (χ1) is 15.0. The van der Waals surface area contributed by atoms with E-state index >= 15 is 0 Å². The third-order valence-electron chi connectivity index (χ3n) is 4.70. The van der Waals surface area contributed by atoms with Crippen molar-refractivity contribution in [2.75, 3.05) is 9.44 Å². The van der Waals surface area contributed by atoms with E-state index in [-0.39, 0.29) is 21.1 Å². The van der Waals surface area contributed by atoms with Gasteiger partial charge in [0.15, 0.2) is 5.58 Å². The number of aryl methyl sites for hydroxylation is 2. The SMILES string of the molecule is Cc1cccc(NS(=O)(=O)c2cc(NS(=O)(=O)c3ccc4[nH]c(=O)oc4c3)ccc2C)c1. The van der Waals surface area contributed by atoms with Gasteiger partial charge in [0.05, 0.1) is 21.0 Å². The molecule has 166 valence electrons. The Kier molecular flexibility index (Phi) is 5.31. The summed E-state index contributed by atoms with van der Waals surface area (Å²) in [6.45, 7) is 3.46. The lowest BCUT2D eigenvalue weighted by Gasteiger charge is -2.14. The average Bonchev–Trinajstić information content (AvgIpc) is 3.08. The smallest absolute Gasteiger partial charge is 0.408 e. The molecule has 0 saturated heterocycles. The quantitative estimate of drug-likeness (QED) is 0.393. The highest BCUT2D eigenvalue weighted by Crippen LogP contribution is 2.26. The number of fused-ring (bicyclic) bond motifs is 1. The van der Waals surface area contributed by atoms with Crippen molar-refractivity contribution in [2.24, 2.45) is 0 Å². The standard InChI is InChI=1S/C21H19N3O6S2/c1-13-4-3-5-15(10-13)24-32(28,29)20-11-16(7-6-14(20)2)23-31(26,27)17-8-9-18-19(12-17)30-21(25)22-18/h3-12,23-24H,1-2H3,(H,22,25). The fourth-order valence-electron chi connectivity index (χ4n) is 3.18. The molecule has 4 aromatic rings. The molecule has 0 aliphatic heterocycles. The maximum absolute atomic E-state index is 12.9. The molecule has 11 heteroatoms. The Balaban J connectivity index is 1.66. The van der Waals surface area contributed by atoms with Crippen LogP contribution in [0.1, 0.15) is 11.1 Å². The number of H-pyrrole nitrogens is 1. The van der Waals surface area contributed by atoms with E-state index < -0.39 is 25.8 Å². The van der Waals surface area contributed by atoms with Crippen LogP contribution in [0.4, 0.5) is 11.4 Å². The van der Waals surface area contributed by atoms with Crippen LogP contribution in [0.15, 0.2) is 79.7 Å². The van der Waals surface area contributed by atoms with Gasteiger partial charge in [-0.2, -0.15) is 0 Å². The second-order valence-electron chi connectivity index (χ2n) is 7.23. The van der Waals surface area contributed by atoms with Crippen molar-refractivity contribution in [1.29, 1.82) is 0 Å². The first-order valence-electron chi connectivity index (χ1n) is 9.39. The molecule has 0 bridgehead atoms. The van der Waals surface area contributed by atoms with Gasteiger partial charge in [-0.3, -0.25) is 14.4 Å². The number of nitrogens with one attached hydrogen (secondary N) is 3. The second kappa shape index (κ2) is 7.84. The van der Waals surface area contributed by atoms with E-state index in [1.165, 1.54) is 36.4 Å². The van der Waals surface area contributed by atoms with Gasteiger partial charge < -0.3 is 4.42 Å². The van der Waals surface area contributed by atoms with Crippen LogP contribution in [-0.2, 0) is 20.0 Å². The molecule has 3 aromatic carbocycles. The van der Waals surface area contributed by atoms with E-state index in [2.05, 4.69) is 14.4 Å². The number of hydrogen-bond donors (Lipinski definition) is 3. The Morgan fingerprint density at radius 3 is 2.28 bits per heavy atom. The van der Waals surface area contributed by atoms with Crippen LogP contribution in [-0.4, -0.2) is 21.8 Å². The number of hydrogen-bond acceptors (Lipinski definition) is 6. The van der Waals surface area contributed by atoms with Gasteiger partial charge in [-0.15, -0.1) is 0 Å². The Hall–Kier alpha value is -3.57. The third kappa shape index (κ3) is 4.39. The minimum Gasteiger partial charge on any atom is -0.408 e. The molecule has 1 aromatic heterocycles. The fourth-order valence-corrected chi connectivity index (χ4v) is 5.56. The molecule has 0 spiro atoms. The number of oxazole rings is 1. The van der Waals surface area contributed by atoms with E-state index in [1.54, 1.807) is 25.1 Å². The van der Waals surface area contributed by atoms with Gasteiger partial charge in [0, 0.05) is 11.8 Å². The first-order valence-corrected chi connectivity index (χ1v) is 12.4. The summed E-state index contributed by atoms with van der Waals surface area (Å²) in [5.41, 5.74) is 2.25. The minimum absolute atomic E-state index is 0.0636. The molecule has 1 heterocycles. The predicted octanol–water partition coefficient (Wildman–Crippen LogP) is 3.34. The topological polar surface area (TPSA) is 138 Å². The summed E-state index contributed by atoms with van der Waals surface area (Å²) < 4.78 is 61.3. The second-order valence-corrected chi connectivity index (χ2v) is 10.6. The molecule has 3 N–H and O–H groups in total. The zero-order valence-corrected chi connectivity index (χ0v) is 18.7. The Morgan fingerprint density at radius 2 is 1.53 bits per heavy atom. The third-order valence-corrected chi connectivity index (χ3v) is 7.61. The molecular formula is C21H19N3O6S2. The molecule has 0 radical (unpaired) electrons. The van der Waals surface area contributed by atoms with E-state index in [1.807, 2.05) is 13.0 Å². The first kappa shape index (κ1) is 21.7. The van der Waals surface area contributed by atoms with E-state index in [0.29, 0.717) is 16.8 Å². The molecule has 0 fully saturated rings. The fraction of sp³-hybridized carbons (Fsp3) is 0.0952. The minimum atomic E-state index is -4.08. The summed E-state index contributed by atoms with van der Waals surface area (Å²) >= 11 is 0. The lowest BCUT2D eigenvalue weighted by Crippen LogP contribution is -2.16. The van der Waals surface area contributed by atoms with E-state index in [4.69, 9.17) is 4.42 Å². The lowest BCUT2D eigenvalue weighted by molar-refractivity contribution is 0.554. The van der Waals surface area contributed by atoms with Gasteiger partial charge in [0.2, 0.25) is 0 Å². The zero-order valence-electron chi connectivity index (χ0n) is 17.0. The molecule has 0 atom stereocenters. The predicted molar refractivity (Wildman–Crippen MR) is 121 cm³/mol. The highest BCUT2D eigenvalue weighted by molar-refractivity contribution is 7.93. The highest BCUT2D eigenvalue weighted by Gasteiger charge is 2.21. The number of aromatic nitrogens is 1. The molecule has 0 aliphatic carbocycles. The number of aromatic amines is 1. The maximum atomic E-state index is 12.9. The Labute approximate surface area is 184 Å². The largest absolute Gasteiger partial charge is 0.417 e. The number of sulfonamides is 2. The number of benzene rings is 3. The molecule has 9 nitrogen and oxygen atoms in total. The normalized spacial score (nSPS) is 12.1. The highest BCUT2D eigenvalue weighted by atomic mass is 32.2. The van der Waals surface area contributed by atoms with Crippen LogP contribution in [0.2, 0.25) is 0 Å². The van der Waals surface area contributed by atoms with E-state index in [0.717, 1.165) is 5.56 Å². The van der Waals surface area contributed by atoms with Crippen molar-refractivity contribution >= 4 is 42.5 Å². The monoisotopic (exact) mass is 473 g/mol. The van der Waals surface area contributed by atoms with Crippen LogP contribution in [0, 0.1) is 13.8 Å². The summed E-state index contributed by atoms with van der Waals surface area (Å²) in [6, 6.07) is 15.0. The van der Waals surface area contributed by atoms with Crippen LogP contribution in [0.25, 0.3) is 11.1 Å². The van der Waals surface area contributed by atoms with Crippen LogP contribution < -0.4 is 15.2 Å². The van der Waals surface area contributed by atoms with Crippen molar-refractivity contribution in [3.05, 3.63) is 82.3 Å². The molecule has 0 saturated carbocycles. The number of anilines is 2. The molecule has 0 aliphatic rings. The molecular weight excluding hydrogens is 454 g/mol. The van der Waals surface area contributed by atoms with Crippen LogP contribution in [0.5, 0.6) is 0 Å². The zero-order chi connectivity index (χ0) is 23.1. The van der Waals surface area contributed by atoms with Gasteiger partial charge in [-0.1, -0.05) is 18.2 Å². The summed E-state index contributed by atoms with van der Waals surface area (Å²) in [7, 11) is -8.04. The molecule has 0 unspecified atom stereocenters. The van der Waals surface area contributed by atoms with Crippen LogP contribution >= 0.6 is 0 Å². The Bertz CT molecular complexity index is 1600. The summed E-state index contributed by atoms with van der Waals surface area (Å²) in [6.07, 6.45) is 0. The molecule has 0 amide bonds. The van der Waals surface area contributed by atoms with Crippen molar-refractivity contribution in [3.63, 3.8) is 0 Å². The summed E-state index contributed by atoms with van der Waals surface area (Å²) in [4.78, 5) is 13.5. The maximum Gasteiger partial charge on any atom is 0.417 e. The van der Waals surface area contributed by atoms with Gasteiger partial charge >= 0.3 is 5.76 Å². The lowest BCUT2D eigenvalue weighted by atomic mass is 10.2. The van der Waals surface area contributed by atoms with Crippen molar-refractivity contribution in [2.45, 2.75) is 23.6 Å². The van der Waals surface area contributed by atoms with Crippen LogP contribution in [0.3, 0.4) is 0 Å².